The molecule has 1 saturated carbocycles. The van der Waals surface area contributed by atoms with Gasteiger partial charge in [0.15, 0.2) is 0 Å². The molecule has 1 rings (SSSR count). The second-order valence-electron chi connectivity index (χ2n) is 6.63. The van der Waals surface area contributed by atoms with Crippen molar-refractivity contribution in [3.05, 3.63) is 0 Å². The monoisotopic (exact) mass is 257 g/mol. The average Bonchev–Trinajstić information content (AvgIpc) is 2.75. The lowest BCUT2D eigenvalue weighted by Crippen LogP contribution is -2.35. The van der Waals surface area contributed by atoms with Crippen LogP contribution in [-0.2, 0) is 14.3 Å². The van der Waals surface area contributed by atoms with Gasteiger partial charge in [-0.3, -0.25) is 4.79 Å². The van der Waals surface area contributed by atoms with Crippen LogP contribution in [0.5, 0.6) is 0 Å². The predicted octanol–water partition coefficient (Wildman–Crippen LogP) is 2.24. The lowest BCUT2D eigenvalue weighted by atomic mass is 10.2. The van der Waals surface area contributed by atoms with Gasteiger partial charge in [0, 0.05) is 6.04 Å². The summed E-state index contributed by atoms with van der Waals surface area (Å²) in [5, 5.41) is 2.67. The van der Waals surface area contributed by atoms with Crippen molar-refractivity contribution in [2.24, 2.45) is 5.92 Å². The van der Waals surface area contributed by atoms with Gasteiger partial charge in [-0.1, -0.05) is 0 Å². The number of carbonyl (C=O) groups excluding carboxylic acids is 2. The molecule has 1 amide bonds. The number of ether oxygens (including phenoxy) is 2. The molecule has 0 radical (unpaired) electrons. The Balaban J connectivity index is 2.33. The zero-order valence-electron chi connectivity index (χ0n) is 12.0. The smallest absolute Gasteiger partial charge is 0.407 e. The van der Waals surface area contributed by atoms with E-state index in [4.69, 9.17) is 9.47 Å². The highest BCUT2D eigenvalue weighted by molar-refractivity contribution is 5.79. The van der Waals surface area contributed by atoms with E-state index in [0.717, 1.165) is 0 Å². The molecule has 5 heteroatoms. The number of rotatable bonds is 2. The standard InChI is InChI=1S/C13H23NO4/c1-12(2,3)17-10(15)8-7-9(8)14-11(16)18-13(4,5)6/h8-9H,7H2,1-6H3,(H,14,16)/t8-,9?/m1/s1. The molecule has 0 aliphatic heterocycles. The summed E-state index contributed by atoms with van der Waals surface area (Å²) in [5.41, 5.74) is -1.02. The van der Waals surface area contributed by atoms with Crippen LogP contribution in [0.1, 0.15) is 48.0 Å². The molecule has 1 N–H and O–H groups in total. The van der Waals surface area contributed by atoms with E-state index in [1.807, 2.05) is 20.8 Å². The van der Waals surface area contributed by atoms with Crippen LogP contribution in [0.4, 0.5) is 4.79 Å². The van der Waals surface area contributed by atoms with Crippen molar-refractivity contribution in [1.82, 2.24) is 5.32 Å². The lowest BCUT2D eigenvalue weighted by molar-refractivity contribution is -0.156. The van der Waals surface area contributed by atoms with Crippen molar-refractivity contribution in [2.45, 2.75) is 65.2 Å². The second kappa shape index (κ2) is 4.78. The molecule has 5 nitrogen and oxygen atoms in total. The zero-order chi connectivity index (χ0) is 14.1. The first-order valence-corrected chi connectivity index (χ1v) is 6.20. The molecule has 1 aliphatic rings. The van der Waals surface area contributed by atoms with Crippen molar-refractivity contribution in [1.29, 1.82) is 0 Å². The molecule has 0 aromatic rings. The molecule has 18 heavy (non-hydrogen) atoms. The molecule has 0 spiro atoms. The third-order valence-corrected chi connectivity index (χ3v) is 2.20. The first-order chi connectivity index (χ1) is 7.98. The number of hydrogen-bond acceptors (Lipinski definition) is 4. The molecule has 0 aromatic carbocycles. The quantitative estimate of drug-likeness (QED) is 0.770. The minimum atomic E-state index is -0.527. The van der Waals surface area contributed by atoms with E-state index in [1.54, 1.807) is 20.8 Å². The third kappa shape index (κ3) is 5.38. The van der Waals surface area contributed by atoms with Crippen LogP contribution in [-0.4, -0.2) is 29.3 Å². The van der Waals surface area contributed by atoms with E-state index < -0.39 is 17.3 Å². The molecule has 1 fully saturated rings. The first-order valence-electron chi connectivity index (χ1n) is 6.20. The van der Waals surface area contributed by atoms with E-state index >= 15 is 0 Å². The summed E-state index contributed by atoms with van der Waals surface area (Å²) in [6.45, 7) is 10.9. The summed E-state index contributed by atoms with van der Waals surface area (Å²) in [5.74, 6) is -0.500. The SMILES string of the molecule is CC(C)(C)OC(=O)NC1C[C@H]1C(=O)OC(C)(C)C. The Bertz CT molecular complexity index is 338. The van der Waals surface area contributed by atoms with Gasteiger partial charge in [-0.2, -0.15) is 0 Å². The normalized spacial score (nSPS) is 23.2. The minimum absolute atomic E-state index is 0.158. The van der Waals surface area contributed by atoms with Crippen LogP contribution in [0.2, 0.25) is 0 Å². The first kappa shape index (κ1) is 14.8. The summed E-state index contributed by atoms with van der Waals surface area (Å²) >= 11 is 0. The van der Waals surface area contributed by atoms with Gasteiger partial charge in [0.05, 0.1) is 5.92 Å². The van der Waals surface area contributed by atoms with Crippen molar-refractivity contribution in [3.63, 3.8) is 0 Å². The minimum Gasteiger partial charge on any atom is -0.460 e. The Morgan fingerprint density at radius 2 is 1.50 bits per heavy atom. The predicted molar refractivity (Wildman–Crippen MR) is 67.1 cm³/mol. The Morgan fingerprint density at radius 3 is 1.94 bits per heavy atom. The fraction of sp³-hybridized carbons (Fsp3) is 0.846. The van der Waals surface area contributed by atoms with Crippen molar-refractivity contribution in [3.8, 4) is 0 Å². The molecule has 1 unspecified atom stereocenters. The van der Waals surface area contributed by atoms with Crippen LogP contribution in [0.25, 0.3) is 0 Å². The molecular weight excluding hydrogens is 234 g/mol. The van der Waals surface area contributed by atoms with E-state index in [1.165, 1.54) is 0 Å². The summed E-state index contributed by atoms with van der Waals surface area (Å²) in [6, 6.07) is -0.158. The number of esters is 1. The molecule has 0 heterocycles. The van der Waals surface area contributed by atoms with Crippen LogP contribution in [0, 0.1) is 5.92 Å². The van der Waals surface area contributed by atoms with Crippen molar-refractivity contribution in [2.75, 3.05) is 0 Å². The van der Waals surface area contributed by atoms with E-state index in [0.29, 0.717) is 6.42 Å². The lowest BCUT2D eigenvalue weighted by Gasteiger charge is -2.20. The van der Waals surface area contributed by atoms with Gasteiger partial charge in [-0.05, 0) is 48.0 Å². The Hall–Kier alpha value is -1.26. The molecule has 104 valence electrons. The van der Waals surface area contributed by atoms with E-state index in [-0.39, 0.29) is 17.9 Å². The summed E-state index contributed by atoms with van der Waals surface area (Å²) in [4.78, 5) is 23.2. The van der Waals surface area contributed by atoms with Crippen LogP contribution in [0.15, 0.2) is 0 Å². The van der Waals surface area contributed by atoms with Crippen molar-refractivity contribution >= 4 is 12.1 Å². The Labute approximate surface area is 108 Å². The number of amides is 1. The van der Waals surface area contributed by atoms with Gasteiger partial charge in [0.25, 0.3) is 0 Å². The highest BCUT2D eigenvalue weighted by atomic mass is 16.6. The van der Waals surface area contributed by atoms with Crippen LogP contribution in [0.3, 0.4) is 0 Å². The van der Waals surface area contributed by atoms with E-state index in [2.05, 4.69) is 5.32 Å². The van der Waals surface area contributed by atoms with Gasteiger partial charge in [-0.25, -0.2) is 4.79 Å². The van der Waals surface area contributed by atoms with E-state index in [9.17, 15) is 9.59 Å². The average molecular weight is 257 g/mol. The van der Waals surface area contributed by atoms with Crippen molar-refractivity contribution < 1.29 is 19.1 Å². The Morgan fingerprint density at radius 1 is 1.00 bits per heavy atom. The Kier molecular flexibility index (Phi) is 3.93. The topological polar surface area (TPSA) is 64.6 Å². The number of carbonyl (C=O) groups is 2. The maximum absolute atomic E-state index is 11.7. The molecule has 0 bridgehead atoms. The highest BCUT2D eigenvalue weighted by Crippen LogP contribution is 2.33. The second-order valence-corrected chi connectivity index (χ2v) is 6.63. The summed E-state index contributed by atoms with van der Waals surface area (Å²) < 4.78 is 10.4. The van der Waals surface area contributed by atoms with Crippen LogP contribution >= 0.6 is 0 Å². The van der Waals surface area contributed by atoms with Gasteiger partial charge >= 0.3 is 12.1 Å². The maximum Gasteiger partial charge on any atom is 0.407 e. The molecular formula is C13H23NO4. The summed E-state index contributed by atoms with van der Waals surface area (Å²) in [7, 11) is 0. The third-order valence-electron chi connectivity index (χ3n) is 2.20. The van der Waals surface area contributed by atoms with Gasteiger partial charge < -0.3 is 14.8 Å². The highest BCUT2D eigenvalue weighted by Gasteiger charge is 2.47. The number of nitrogens with one attached hydrogen (secondary N) is 1. The summed E-state index contributed by atoms with van der Waals surface area (Å²) in [6.07, 6.45) is 0.132. The molecule has 2 atom stereocenters. The molecule has 0 saturated heterocycles. The largest absolute Gasteiger partial charge is 0.460 e. The van der Waals surface area contributed by atoms with Gasteiger partial charge in [-0.15, -0.1) is 0 Å². The van der Waals surface area contributed by atoms with Gasteiger partial charge in [0.1, 0.15) is 11.2 Å². The number of alkyl carbamates (subject to hydrolysis) is 1. The molecule has 1 aliphatic carbocycles. The zero-order valence-corrected chi connectivity index (χ0v) is 12.0. The maximum atomic E-state index is 11.7. The number of hydrogen-bond donors (Lipinski definition) is 1. The van der Waals surface area contributed by atoms with Crippen LogP contribution < -0.4 is 5.32 Å². The fourth-order valence-electron chi connectivity index (χ4n) is 1.45. The van der Waals surface area contributed by atoms with Gasteiger partial charge in [0.2, 0.25) is 0 Å². The fourth-order valence-corrected chi connectivity index (χ4v) is 1.45. The molecule has 0 aromatic heterocycles.